The fourth-order valence-electron chi connectivity index (χ4n) is 2.99. The first-order valence-corrected chi connectivity index (χ1v) is 8.57. The number of benzene rings is 1. The van der Waals surface area contributed by atoms with Crippen LogP contribution in [0.4, 0.5) is 0 Å². The molecule has 0 amide bonds. The number of hydrogen-bond donors (Lipinski definition) is 0. The molecule has 5 nitrogen and oxygen atoms in total. The normalized spacial score (nSPS) is 19.6. The molecule has 0 saturated carbocycles. The van der Waals surface area contributed by atoms with Crippen molar-refractivity contribution in [3.63, 3.8) is 0 Å². The van der Waals surface area contributed by atoms with E-state index in [0.717, 1.165) is 0 Å². The third-order valence-electron chi connectivity index (χ3n) is 4.22. The highest BCUT2D eigenvalue weighted by atomic mass is 79.9. The average Bonchev–Trinajstić information content (AvgIpc) is 2.98. The maximum atomic E-state index is 12.6. The highest BCUT2D eigenvalue weighted by molar-refractivity contribution is 9.12. The summed E-state index contributed by atoms with van der Waals surface area (Å²) >= 11 is 3.23. The lowest BCUT2D eigenvalue weighted by atomic mass is 9.87. The van der Waals surface area contributed by atoms with E-state index >= 15 is 0 Å². The SMILES string of the molecule is CC1(CC(=O)CCC2=C(Br)C(=O)c3ccccc3C2=O)OCCO1. The molecule has 1 heterocycles. The highest BCUT2D eigenvalue weighted by Crippen LogP contribution is 2.32. The lowest BCUT2D eigenvalue weighted by molar-refractivity contribution is -0.158. The van der Waals surface area contributed by atoms with Crippen LogP contribution in [0.5, 0.6) is 0 Å². The summed E-state index contributed by atoms with van der Waals surface area (Å²) in [6.07, 6.45) is 0.513. The molecule has 2 aliphatic rings. The molecule has 0 radical (unpaired) electrons. The molecule has 0 N–H and O–H groups in total. The van der Waals surface area contributed by atoms with E-state index in [-0.39, 0.29) is 41.1 Å². The van der Waals surface area contributed by atoms with Gasteiger partial charge in [-0.05, 0) is 29.3 Å². The van der Waals surface area contributed by atoms with Crippen molar-refractivity contribution in [2.24, 2.45) is 0 Å². The second kappa shape index (κ2) is 6.70. The predicted molar refractivity (Wildman–Crippen MR) is 90.2 cm³/mol. The quantitative estimate of drug-likeness (QED) is 0.769. The van der Waals surface area contributed by atoms with Crippen LogP contribution in [0.3, 0.4) is 0 Å². The molecular formula is C18H17BrO5. The summed E-state index contributed by atoms with van der Waals surface area (Å²) < 4.78 is 11.1. The number of carbonyl (C=O) groups excluding carboxylic acids is 3. The van der Waals surface area contributed by atoms with Crippen LogP contribution < -0.4 is 0 Å². The van der Waals surface area contributed by atoms with Gasteiger partial charge in [0.25, 0.3) is 0 Å². The van der Waals surface area contributed by atoms with E-state index in [1.807, 2.05) is 0 Å². The second-order valence-electron chi connectivity index (χ2n) is 6.04. The smallest absolute Gasteiger partial charge is 0.201 e. The fourth-order valence-corrected chi connectivity index (χ4v) is 3.58. The summed E-state index contributed by atoms with van der Waals surface area (Å²) in [5.74, 6) is -1.36. The first-order chi connectivity index (χ1) is 11.4. The summed E-state index contributed by atoms with van der Waals surface area (Å²) in [6, 6.07) is 6.72. The molecule has 0 bridgehead atoms. The lowest BCUT2D eigenvalue weighted by Gasteiger charge is -2.21. The Balaban J connectivity index is 1.71. The topological polar surface area (TPSA) is 69.7 Å². The van der Waals surface area contributed by atoms with Gasteiger partial charge in [-0.15, -0.1) is 0 Å². The Bertz CT molecular complexity index is 744. The number of ether oxygens (including phenoxy) is 2. The van der Waals surface area contributed by atoms with Gasteiger partial charge in [0.1, 0.15) is 5.78 Å². The van der Waals surface area contributed by atoms with Crippen molar-refractivity contribution in [2.45, 2.75) is 32.0 Å². The largest absolute Gasteiger partial charge is 0.347 e. The monoisotopic (exact) mass is 392 g/mol. The van der Waals surface area contributed by atoms with Gasteiger partial charge in [-0.3, -0.25) is 14.4 Å². The fraction of sp³-hybridized carbons (Fsp3) is 0.389. The summed E-state index contributed by atoms with van der Waals surface area (Å²) in [5.41, 5.74) is 1.14. The molecule has 1 aliphatic heterocycles. The van der Waals surface area contributed by atoms with Gasteiger partial charge < -0.3 is 9.47 Å². The van der Waals surface area contributed by atoms with Crippen LogP contribution in [0.15, 0.2) is 34.3 Å². The van der Waals surface area contributed by atoms with E-state index in [9.17, 15) is 14.4 Å². The first kappa shape index (κ1) is 17.2. The first-order valence-electron chi connectivity index (χ1n) is 7.78. The number of hydrogen-bond acceptors (Lipinski definition) is 5. The molecule has 1 saturated heterocycles. The van der Waals surface area contributed by atoms with Crippen molar-refractivity contribution < 1.29 is 23.9 Å². The molecule has 0 atom stereocenters. The number of Topliss-reactive ketones (excluding diaryl/α,β-unsaturated/α-hetero) is 3. The Hall–Kier alpha value is -1.63. The van der Waals surface area contributed by atoms with Crippen molar-refractivity contribution in [3.8, 4) is 0 Å². The standard InChI is InChI=1S/C18H17BrO5/c1-18(23-8-9-24-18)10-11(20)6-7-14-15(19)17(22)13-5-3-2-4-12(13)16(14)21/h2-5H,6-10H2,1H3. The minimum absolute atomic E-state index is 0.0636. The van der Waals surface area contributed by atoms with Gasteiger partial charge in [-0.1, -0.05) is 24.3 Å². The average molecular weight is 393 g/mol. The molecule has 24 heavy (non-hydrogen) atoms. The third kappa shape index (κ3) is 3.27. The van der Waals surface area contributed by atoms with Crippen molar-refractivity contribution >= 4 is 33.3 Å². The van der Waals surface area contributed by atoms with Crippen LogP contribution in [0.25, 0.3) is 0 Å². The zero-order valence-electron chi connectivity index (χ0n) is 13.3. The van der Waals surface area contributed by atoms with Crippen molar-refractivity contribution in [2.75, 3.05) is 13.2 Å². The summed E-state index contributed by atoms with van der Waals surface area (Å²) in [7, 11) is 0. The zero-order valence-corrected chi connectivity index (χ0v) is 14.9. The Morgan fingerprint density at radius 1 is 1.12 bits per heavy atom. The third-order valence-corrected chi connectivity index (χ3v) is 5.06. The summed E-state index contributed by atoms with van der Waals surface area (Å²) in [6.45, 7) is 2.69. The molecule has 1 aromatic rings. The number of allylic oxidation sites excluding steroid dienone is 2. The molecular weight excluding hydrogens is 376 g/mol. The summed E-state index contributed by atoms with van der Waals surface area (Å²) in [5, 5.41) is 0. The van der Waals surface area contributed by atoms with Gasteiger partial charge in [-0.25, -0.2) is 0 Å². The highest BCUT2D eigenvalue weighted by Gasteiger charge is 2.34. The number of ketones is 3. The lowest BCUT2D eigenvalue weighted by Crippen LogP contribution is -2.29. The maximum absolute atomic E-state index is 12.6. The molecule has 1 aliphatic carbocycles. The Morgan fingerprint density at radius 3 is 2.33 bits per heavy atom. The molecule has 6 heteroatoms. The van der Waals surface area contributed by atoms with Gasteiger partial charge in [0.05, 0.1) is 24.1 Å². The van der Waals surface area contributed by atoms with Crippen LogP contribution >= 0.6 is 15.9 Å². The van der Waals surface area contributed by atoms with Crippen LogP contribution in [0.2, 0.25) is 0 Å². The Morgan fingerprint density at radius 2 is 1.71 bits per heavy atom. The van der Waals surface area contributed by atoms with Crippen molar-refractivity contribution in [1.82, 2.24) is 0 Å². The van der Waals surface area contributed by atoms with E-state index in [1.54, 1.807) is 31.2 Å². The van der Waals surface area contributed by atoms with E-state index in [0.29, 0.717) is 29.9 Å². The Kier molecular flexibility index (Phi) is 4.80. The molecule has 126 valence electrons. The van der Waals surface area contributed by atoms with E-state index in [1.165, 1.54) is 0 Å². The Labute approximate surface area is 148 Å². The van der Waals surface area contributed by atoms with Gasteiger partial charge in [0.15, 0.2) is 11.6 Å². The zero-order chi connectivity index (χ0) is 17.3. The second-order valence-corrected chi connectivity index (χ2v) is 6.84. The number of rotatable bonds is 5. The van der Waals surface area contributed by atoms with Gasteiger partial charge in [0.2, 0.25) is 5.78 Å². The maximum Gasteiger partial charge on any atom is 0.201 e. The molecule has 3 rings (SSSR count). The minimum atomic E-state index is -0.873. The van der Waals surface area contributed by atoms with Gasteiger partial charge >= 0.3 is 0 Å². The molecule has 1 fully saturated rings. The van der Waals surface area contributed by atoms with Crippen LogP contribution in [-0.2, 0) is 14.3 Å². The van der Waals surface area contributed by atoms with Crippen LogP contribution in [0, 0.1) is 0 Å². The number of carbonyl (C=O) groups is 3. The van der Waals surface area contributed by atoms with E-state index < -0.39 is 5.79 Å². The molecule has 1 aromatic carbocycles. The van der Waals surface area contributed by atoms with E-state index in [2.05, 4.69) is 15.9 Å². The molecule has 0 aromatic heterocycles. The van der Waals surface area contributed by atoms with Crippen molar-refractivity contribution in [3.05, 3.63) is 45.4 Å². The van der Waals surface area contributed by atoms with Gasteiger partial charge in [-0.2, -0.15) is 0 Å². The summed E-state index contributed by atoms with van der Waals surface area (Å²) in [4.78, 5) is 37.2. The predicted octanol–water partition coefficient (Wildman–Crippen LogP) is 3.22. The minimum Gasteiger partial charge on any atom is -0.347 e. The number of halogens is 1. The van der Waals surface area contributed by atoms with Crippen LogP contribution in [-0.4, -0.2) is 36.4 Å². The van der Waals surface area contributed by atoms with E-state index in [4.69, 9.17) is 9.47 Å². The number of fused-ring (bicyclic) bond motifs is 1. The molecule has 0 spiro atoms. The van der Waals surface area contributed by atoms with Gasteiger partial charge in [0, 0.05) is 23.1 Å². The van der Waals surface area contributed by atoms with Crippen molar-refractivity contribution in [1.29, 1.82) is 0 Å². The van der Waals surface area contributed by atoms with Crippen LogP contribution in [0.1, 0.15) is 46.9 Å². The molecule has 0 unspecified atom stereocenters.